The minimum absolute atomic E-state index is 0.0952. The number of fused-ring (bicyclic) bond motifs is 1. The monoisotopic (exact) mass is 269 g/mol. The van der Waals surface area contributed by atoms with Crippen molar-refractivity contribution in [1.82, 2.24) is 5.32 Å². The largest absolute Gasteiger partial charge is 0.496 e. The predicted molar refractivity (Wildman–Crippen MR) is 69.1 cm³/mol. The number of halogens is 1. The second-order valence-electron chi connectivity index (χ2n) is 4.38. The third kappa shape index (κ3) is 2.60. The Labute approximate surface area is 111 Å². The van der Waals surface area contributed by atoms with Gasteiger partial charge in [0, 0.05) is 6.42 Å². The summed E-state index contributed by atoms with van der Waals surface area (Å²) < 4.78 is 5.31. The molecule has 0 radical (unpaired) electrons. The number of rotatable bonds is 3. The summed E-state index contributed by atoms with van der Waals surface area (Å²) in [6.45, 7) is 0. The number of alkyl halides is 1. The van der Waals surface area contributed by atoms with Gasteiger partial charge in [0.1, 0.15) is 11.6 Å². The lowest BCUT2D eigenvalue weighted by atomic mass is 9.85. The highest BCUT2D eigenvalue weighted by Gasteiger charge is 2.29. The molecule has 0 bridgehead atoms. The van der Waals surface area contributed by atoms with Crippen LogP contribution in [-0.2, 0) is 17.6 Å². The number of nitrogens with one attached hydrogen (secondary N) is 1. The van der Waals surface area contributed by atoms with Crippen LogP contribution < -0.4 is 10.1 Å². The lowest BCUT2D eigenvalue weighted by molar-refractivity contribution is -0.120. The Bertz CT molecular complexity index is 450. The van der Waals surface area contributed by atoms with Crippen LogP contribution in [0.3, 0.4) is 0 Å². The number of amides is 1. The zero-order valence-electron chi connectivity index (χ0n) is 10.1. The summed E-state index contributed by atoms with van der Waals surface area (Å²) in [5.41, 5.74) is 2.11. The Kier molecular flexibility index (Phi) is 4.09. The Morgan fingerprint density at radius 1 is 1.56 bits per heavy atom. The second-order valence-corrected chi connectivity index (χ2v) is 4.65. The van der Waals surface area contributed by atoms with Crippen molar-refractivity contribution in [3.05, 3.63) is 29.3 Å². The molecule has 0 aromatic heterocycles. The number of carbonyl (C=O) groups excluding carboxylic acids is 1. The first-order chi connectivity index (χ1) is 8.65. The van der Waals surface area contributed by atoms with Crippen molar-refractivity contribution in [2.75, 3.05) is 13.0 Å². The van der Waals surface area contributed by atoms with Crippen molar-refractivity contribution in [1.29, 1.82) is 0 Å². The standard InChI is InChI=1S/C13H16ClNO3/c1-18-12-4-2-3-8-5-11(16)10(6-9(8)12)15-13(17)7-14/h2-4,10-11,16H,5-7H2,1H3,(H,15,17)/t10-,11-/m1/s1. The highest BCUT2D eigenvalue weighted by Crippen LogP contribution is 2.29. The summed E-state index contributed by atoms with van der Waals surface area (Å²) in [6, 6.07) is 5.46. The maximum Gasteiger partial charge on any atom is 0.235 e. The first kappa shape index (κ1) is 13.2. The third-order valence-corrected chi connectivity index (χ3v) is 3.48. The number of aliphatic hydroxyl groups is 1. The SMILES string of the molecule is COc1cccc2c1C[C@@H](NC(=O)CCl)[C@H](O)C2. The van der Waals surface area contributed by atoms with Crippen molar-refractivity contribution in [2.45, 2.75) is 25.0 Å². The van der Waals surface area contributed by atoms with E-state index in [-0.39, 0.29) is 17.8 Å². The van der Waals surface area contributed by atoms with Gasteiger partial charge in [0.25, 0.3) is 0 Å². The van der Waals surface area contributed by atoms with Gasteiger partial charge in [-0.05, 0) is 23.6 Å². The Morgan fingerprint density at radius 2 is 2.33 bits per heavy atom. The first-order valence-electron chi connectivity index (χ1n) is 5.84. The first-order valence-corrected chi connectivity index (χ1v) is 6.37. The summed E-state index contributed by atoms with van der Waals surface area (Å²) >= 11 is 5.46. The van der Waals surface area contributed by atoms with Gasteiger partial charge in [0.15, 0.2) is 0 Å². The lowest BCUT2D eigenvalue weighted by Gasteiger charge is -2.31. The minimum atomic E-state index is -0.586. The molecule has 0 spiro atoms. The van der Waals surface area contributed by atoms with E-state index in [0.29, 0.717) is 12.8 Å². The molecule has 4 nitrogen and oxygen atoms in total. The van der Waals surface area contributed by atoms with Crippen molar-refractivity contribution >= 4 is 17.5 Å². The fraction of sp³-hybridized carbons (Fsp3) is 0.462. The van der Waals surface area contributed by atoms with Crippen LogP contribution in [0.4, 0.5) is 0 Å². The van der Waals surface area contributed by atoms with Crippen molar-refractivity contribution in [3.63, 3.8) is 0 Å². The molecule has 0 saturated heterocycles. The normalized spacial score (nSPS) is 22.2. The summed E-state index contributed by atoms with van der Waals surface area (Å²) in [7, 11) is 1.62. The minimum Gasteiger partial charge on any atom is -0.496 e. The van der Waals surface area contributed by atoms with Crippen LogP contribution in [0.25, 0.3) is 0 Å². The number of benzene rings is 1. The number of aliphatic hydroxyl groups excluding tert-OH is 1. The molecule has 98 valence electrons. The molecule has 18 heavy (non-hydrogen) atoms. The van der Waals surface area contributed by atoms with E-state index in [4.69, 9.17) is 16.3 Å². The van der Waals surface area contributed by atoms with Crippen LogP contribution in [0.2, 0.25) is 0 Å². The van der Waals surface area contributed by atoms with E-state index >= 15 is 0 Å². The van der Waals surface area contributed by atoms with Gasteiger partial charge in [-0.3, -0.25) is 4.79 Å². The van der Waals surface area contributed by atoms with Gasteiger partial charge in [0.2, 0.25) is 5.91 Å². The number of hydrogen-bond acceptors (Lipinski definition) is 3. The number of methoxy groups -OCH3 is 1. The van der Waals surface area contributed by atoms with Gasteiger partial charge in [-0.25, -0.2) is 0 Å². The summed E-state index contributed by atoms with van der Waals surface area (Å²) in [5.74, 6) is 0.436. The maximum absolute atomic E-state index is 11.3. The van der Waals surface area contributed by atoms with E-state index in [0.717, 1.165) is 16.9 Å². The Balaban J connectivity index is 2.22. The molecule has 1 aliphatic carbocycles. The Hall–Kier alpha value is -1.26. The van der Waals surface area contributed by atoms with Gasteiger partial charge in [-0.15, -0.1) is 11.6 Å². The molecular weight excluding hydrogens is 254 g/mol. The average Bonchev–Trinajstić information content (AvgIpc) is 2.38. The summed E-state index contributed by atoms with van der Waals surface area (Å²) in [5, 5.41) is 12.8. The Morgan fingerprint density at radius 3 is 3.00 bits per heavy atom. The molecule has 0 aliphatic heterocycles. The van der Waals surface area contributed by atoms with Crippen LogP contribution in [0, 0.1) is 0 Å². The fourth-order valence-corrected chi connectivity index (χ4v) is 2.42. The van der Waals surface area contributed by atoms with Crippen molar-refractivity contribution < 1.29 is 14.6 Å². The topological polar surface area (TPSA) is 58.6 Å². The van der Waals surface area contributed by atoms with E-state index in [1.54, 1.807) is 7.11 Å². The molecule has 1 aromatic carbocycles. The molecule has 0 heterocycles. The highest BCUT2D eigenvalue weighted by molar-refractivity contribution is 6.27. The predicted octanol–water partition coefficient (Wildman–Crippen LogP) is 0.878. The van der Waals surface area contributed by atoms with Crippen LogP contribution >= 0.6 is 11.6 Å². The maximum atomic E-state index is 11.3. The number of ether oxygens (including phenoxy) is 1. The molecule has 2 N–H and O–H groups in total. The van der Waals surface area contributed by atoms with E-state index in [1.165, 1.54) is 0 Å². The molecule has 0 fully saturated rings. The molecule has 2 atom stereocenters. The zero-order valence-corrected chi connectivity index (χ0v) is 10.9. The third-order valence-electron chi connectivity index (χ3n) is 3.24. The van der Waals surface area contributed by atoms with Gasteiger partial charge in [-0.1, -0.05) is 12.1 Å². The van der Waals surface area contributed by atoms with Gasteiger partial charge >= 0.3 is 0 Å². The van der Waals surface area contributed by atoms with Gasteiger partial charge in [0.05, 0.1) is 19.3 Å². The average molecular weight is 270 g/mol. The molecule has 5 heteroatoms. The van der Waals surface area contributed by atoms with E-state index in [2.05, 4.69) is 5.32 Å². The quantitative estimate of drug-likeness (QED) is 0.801. The molecule has 2 rings (SSSR count). The summed E-state index contributed by atoms with van der Waals surface area (Å²) in [6.07, 6.45) is 0.486. The molecule has 1 aliphatic rings. The van der Waals surface area contributed by atoms with E-state index < -0.39 is 6.10 Å². The molecule has 1 amide bonds. The van der Waals surface area contributed by atoms with E-state index in [1.807, 2.05) is 18.2 Å². The van der Waals surface area contributed by atoms with E-state index in [9.17, 15) is 9.90 Å². The van der Waals surface area contributed by atoms with Crippen molar-refractivity contribution in [2.24, 2.45) is 0 Å². The zero-order chi connectivity index (χ0) is 13.1. The fourth-order valence-electron chi connectivity index (χ4n) is 2.34. The molecule has 1 aromatic rings. The van der Waals surface area contributed by atoms with Crippen molar-refractivity contribution in [3.8, 4) is 5.75 Å². The number of carbonyl (C=O) groups is 1. The van der Waals surface area contributed by atoms with Gasteiger partial charge < -0.3 is 15.2 Å². The highest BCUT2D eigenvalue weighted by atomic mass is 35.5. The van der Waals surface area contributed by atoms with Crippen LogP contribution in [-0.4, -0.2) is 36.1 Å². The summed E-state index contributed by atoms with van der Waals surface area (Å²) in [4.78, 5) is 11.3. The van der Waals surface area contributed by atoms with Crippen LogP contribution in [0.5, 0.6) is 5.75 Å². The molecule has 0 saturated carbocycles. The second kappa shape index (κ2) is 5.59. The molecule has 0 unspecified atom stereocenters. The lowest BCUT2D eigenvalue weighted by Crippen LogP contribution is -2.48. The number of hydrogen-bond donors (Lipinski definition) is 2. The van der Waals surface area contributed by atoms with Crippen LogP contribution in [0.1, 0.15) is 11.1 Å². The van der Waals surface area contributed by atoms with Gasteiger partial charge in [-0.2, -0.15) is 0 Å². The molecular formula is C13H16ClNO3. The van der Waals surface area contributed by atoms with Crippen LogP contribution in [0.15, 0.2) is 18.2 Å². The smallest absolute Gasteiger partial charge is 0.235 e.